The Labute approximate surface area is 123 Å². The molecule has 2 N–H and O–H groups in total. The number of carbonyl (C=O) groups excluding carboxylic acids is 1. The average Bonchev–Trinajstić information content (AvgIpc) is 2.90. The van der Waals surface area contributed by atoms with Gasteiger partial charge in [0.2, 0.25) is 5.91 Å². The molecular weight excluding hydrogens is 276 g/mol. The van der Waals surface area contributed by atoms with Crippen molar-refractivity contribution in [1.82, 2.24) is 4.90 Å². The maximum absolute atomic E-state index is 12.2. The van der Waals surface area contributed by atoms with Gasteiger partial charge < -0.3 is 10.6 Å². The minimum Gasteiger partial charge on any atom is -0.333 e. The lowest BCUT2D eigenvalue weighted by Crippen LogP contribution is -2.32. The minimum absolute atomic E-state index is 0.154. The van der Waals surface area contributed by atoms with Gasteiger partial charge in [-0.15, -0.1) is 17.9 Å². The fourth-order valence-electron chi connectivity index (χ4n) is 1.51. The van der Waals surface area contributed by atoms with Crippen molar-refractivity contribution in [2.45, 2.75) is 25.9 Å². The third kappa shape index (κ3) is 6.27. The van der Waals surface area contributed by atoms with E-state index < -0.39 is 0 Å². The van der Waals surface area contributed by atoms with Gasteiger partial charge >= 0.3 is 0 Å². The first-order chi connectivity index (χ1) is 9.17. The molecule has 1 atom stereocenters. The largest absolute Gasteiger partial charge is 0.333 e. The van der Waals surface area contributed by atoms with Crippen molar-refractivity contribution in [3.05, 3.63) is 35.0 Å². The molecular formula is C14H22N2OS2. The monoisotopic (exact) mass is 298 g/mol. The molecule has 1 heterocycles. The Bertz CT molecular complexity index is 379. The molecule has 0 radical (unpaired) electrons. The lowest BCUT2D eigenvalue weighted by atomic mass is 10.3. The van der Waals surface area contributed by atoms with E-state index in [2.05, 4.69) is 13.5 Å². The second-order valence-electron chi connectivity index (χ2n) is 4.33. The first kappa shape index (κ1) is 16.3. The van der Waals surface area contributed by atoms with Gasteiger partial charge in [-0.25, -0.2) is 0 Å². The van der Waals surface area contributed by atoms with Crippen molar-refractivity contribution < 1.29 is 4.79 Å². The molecule has 0 fully saturated rings. The molecule has 106 valence electrons. The highest BCUT2D eigenvalue weighted by Crippen LogP contribution is 2.13. The Balaban J connectivity index is 2.41. The lowest BCUT2D eigenvalue weighted by molar-refractivity contribution is -0.128. The molecule has 3 nitrogen and oxygen atoms in total. The zero-order valence-electron chi connectivity index (χ0n) is 11.4. The maximum Gasteiger partial charge on any atom is 0.233 e. The first-order valence-corrected chi connectivity index (χ1v) is 8.45. The number of rotatable bonds is 9. The van der Waals surface area contributed by atoms with E-state index >= 15 is 0 Å². The van der Waals surface area contributed by atoms with Crippen molar-refractivity contribution in [1.29, 1.82) is 0 Å². The number of hydrogen-bond acceptors (Lipinski definition) is 4. The van der Waals surface area contributed by atoms with Gasteiger partial charge in [-0.05, 0) is 17.9 Å². The molecule has 0 spiro atoms. The van der Waals surface area contributed by atoms with Crippen LogP contribution in [0, 0.1) is 0 Å². The number of carbonyl (C=O) groups is 1. The minimum atomic E-state index is 0.154. The summed E-state index contributed by atoms with van der Waals surface area (Å²) in [6.45, 7) is 7.04. The zero-order valence-corrected chi connectivity index (χ0v) is 13.0. The third-order valence-corrected chi connectivity index (χ3v) is 4.69. The van der Waals surface area contributed by atoms with E-state index in [1.807, 2.05) is 22.4 Å². The fraction of sp³-hybridized carbons (Fsp3) is 0.500. The summed E-state index contributed by atoms with van der Waals surface area (Å²) in [5.41, 5.74) is 5.84. The number of hydrogen-bond donors (Lipinski definition) is 1. The third-order valence-electron chi connectivity index (χ3n) is 2.71. The van der Waals surface area contributed by atoms with Crippen molar-refractivity contribution in [2.24, 2.45) is 5.73 Å². The smallest absolute Gasteiger partial charge is 0.233 e. The summed E-state index contributed by atoms with van der Waals surface area (Å²) in [5.74, 6) is 1.48. The molecule has 0 aliphatic heterocycles. The van der Waals surface area contributed by atoms with E-state index in [4.69, 9.17) is 5.73 Å². The Morgan fingerprint density at radius 1 is 1.68 bits per heavy atom. The Hall–Kier alpha value is -0.780. The van der Waals surface area contributed by atoms with Crippen molar-refractivity contribution >= 4 is 29.0 Å². The molecule has 0 aromatic carbocycles. The second kappa shape index (κ2) is 9.18. The number of nitrogens with two attached hydrogens (primary N) is 1. The van der Waals surface area contributed by atoms with Crippen molar-refractivity contribution in [3.63, 3.8) is 0 Å². The van der Waals surface area contributed by atoms with Crippen molar-refractivity contribution in [2.75, 3.05) is 18.1 Å². The van der Waals surface area contributed by atoms with E-state index in [0.29, 0.717) is 18.8 Å². The van der Waals surface area contributed by atoms with Crippen LogP contribution >= 0.6 is 23.1 Å². The number of thiophene rings is 1. The topological polar surface area (TPSA) is 46.3 Å². The van der Waals surface area contributed by atoms with Crippen LogP contribution in [0.5, 0.6) is 0 Å². The molecule has 0 aliphatic rings. The lowest BCUT2D eigenvalue weighted by Gasteiger charge is -2.20. The normalized spacial score (nSPS) is 12.1. The summed E-state index contributed by atoms with van der Waals surface area (Å²) < 4.78 is 0. The van der Waals surface area contributed by atoms with Crippen LogP contribution in [0.2, 0.25) is 0 Å². The van der Waals surface area contributed by atoms with Gasteiger partial charge in [0.15, 0.2) is 0 Å². The molecule has 1 aromatic rings. The predicted octanol–water partition coefficient (Wildman–Crippen LogP) is 2.73. The molecule has 0 aliphatic carbocycles. The highest BCUT2D eigenvalue weighted by atomic mass is 32.2. The quantitative estimate of drug-likeness (QED) is 0.713. The van der Waals surface area contributed by atoms with E-state index in [9.17, 15) is 4.79 Å². The number of amides is 1. The highest BCUT2D eigenvalue weighted by Gasteiger charge is 2.13. The van der Waals surface area contributed by atoms with Gasteiger partial charge in [0.05, 0.1) is 12.3 Å². The molecule has 5 heteroatoms. The summed E-state index contributed by atoms with van der Waals surface area (Å²) in [6.07, 6.45) is 2.72. The van der Waals surface area contributed by atoms with Crippen molar-refractivity contribution in [3.8, 4) is 0 Å². The van der Waals surface area contributed by atoms with Crippen LogP contribution in [0.4, 0.5) is 0 Å². The fourth-order valence-corrected chi connectivity index (χ4v) is 3.24. The van der Waals surface area contributed by atoms with Gasteiger partial charge in [0.25, 0.3) is 0 Å². The maximum atomic E-state index is 12.2. The highest BCUT2D eigenvalue weighted by molar-refractivity contribution is 7.99. The average molecular weight is 298 g/mol. The Kier molecular flexibility index (Phi) is 7.86. The van der Waals surface area contributed by atoms with Gasteiger partial charge in [-0.1, -0.05) is 19.1 Å². The van der Waals surface area contributed by atoms with Gasteiger partial charge in [0.1, 0.15) is 0 Å². The number of thioether (sulfide) groups is 1. The van der Waals surface area contributed by atoms with E-state index in [0.717, 1.165) is 12.2 Å². The summed E-state index contributed by atoms with van der Waals surface area (Å²) in [5, 5.41) is 2.03. The van der Waals surface area contributed by atoms with Crippen LogP contribution in [0.1, 0.15) is 18.2 Å². The van der Waals surface area contributed by atoms with Crippen LogP contribution in [0.25, 0.3) is 0 Å². The zero-order chi connectivity index (χ0) is 14.1. The first-order valence-electron chi connectivity index (χ1n) is 6.41. The van der Waals surface area contributed by atoms with Crippen LogP contribution in [-0.2, 0) is 11.3 Å². The summed E-state index contributed by atoms with van der Waals surface area (Å²) >= 11 is 3.29. The number of nitrogens with zero attached hydrogens (tertiary/aromatic N) is 1. The van der Waals surface area contributed by atoms with E-state index in [1.165, 1.54) is 4.88 Å². The molecule has 1 amide bonds. The predicted molar refractivity (Wildman–Crippen MR) is 85.5 cm³/mol. The summed E-state index contributed by atoms with van der Waals surface area (Å²) in [4.78, 5) is 15.2. The molecule has 19 heavy (non-hydrogen) atoms. The second-order valence-corrected chi connectivity index (χ2v) is 6.39. The summed E-state index contributed by atoms with van der Waals surface area (Å²) in [6, 6.07) is 4.24. The van der Waals surface area contributed by atoms with E-state index in [-0.39, 0.29) is 11.9 Å². The molecule has 0 saturated carbocycles. The van der Waals surface area contributed by atoms with Crippen LogP contribution in [-0.4, -0.2) is 34.9 Å². The van der Waals surface area contributed by atoms with Gasteiger partial charge in [-0.3, -0.25) is 4.79 Å². The Morgan fingerprint density at radius 2 is 2.47 bits per heavy atom. The van der Waals surface area contributed by atoms with Crippen LogP contribution < -0.4 is 5.73 Å². The molecule has 1 aromatic heterocycles. The van der Waals surface area contributed by atoms with E-state index in [1.54, 1.807) is 29.2 Å². The molecule has 0 bridgehead atoms. The van der Waals surface area contributed by atoms with Crippen LogP contribution in [0.3, 0.4) is 0 Å². The molecule has 1 rings (SSSR count). The van der Waals surface area contributed by atoms with Crippen LogP contribution in [0.15, 0.2) is 30.2 Å². The molecule has 1 unspecified atom stereocenters. The molecule has 0 saturated heterocycles. The standard InChI is InChI=1S/C14H22N2OS2/c1-3-7-16(9-13-6-5-8-19-13)14(17)11-18-10-12(15)4-2/h3,5-6,8,12H,1,4,7,9-11,15H2,2H3. The SMILES string of the molecule is C=CCN(Cc1cccs1)C(=O)CSCC(N)CC. The Morgan fingerprint density at radius 3 is 3.05 bits per heavy atom. The summed E-state index contributed by atoms with van der Waals surface area (Å²) in [7, 11) is 0. The van der Waals surface area contributed by atoms with Gasteiger partial charge in [-0.2, -0.15) is 11.8 Å². The van der Waals surface area contributed by atoms with Gasteiger partial charge in [0, 0.05) is 23.2 Å².